The molecule has 2 aliphatic rings. The van der Waals surface area contributed by atoms with E-state index in [-0.39, 0.29) is 18.3 Å². The number of benzene rings is 1. The normalized spacial score (nSPS) is 24.9. The van der Waals surface area contributed by atoms with Gasteiger partial charge < -0.3 is 14.6 Å². The van der Waals surface area contributed by atoms with Crippen LogP contribution in [0.4, 0.5) is 0 Å². The molecule has 3 heteroatoms. The molecular formula is C17H24O3. The molecule has 1 aliphatic carbocycles. The van der Waals surface area contributed by atoms with E-state index in [2.05, 4.69) is 0 Å². The zero-order chi connectivity index (χ0) is 13.8. The molecule has 3 rings (SSSR count). The lowest BCUT2D eigenvalue weighted by Gasteiger charge is -2.38. The number of rotatable bonds is 4. The second-order valence-corrected chi connectivity index (χ2v) is 6.05. The van der Waals surface area contributed by atoms with Gasteiger partial charge in [-0.05, 0) is 30.9 Å². The largest absolute Gasteiger partial charge is 0.490 e. The molecule has 20 heavy (non-hydrogen) atoms. The maximum Gasteiger partial charge on any atom is 0.122 e. The Hall–Kier alpha value is -1.06. The van der Waals surface area contributed by atoms with Crippen molar-refractivity contribution in [2.45, 2.75) is 56.7 Å². The Bertz CT molecular complexity index is 438. The summed E-state index contributed by atoms with van der Waals surface area (Å²) in [7, 11) is 0. The summed E-state index contributed by atoms with van der Waals surface area (Å²) in [5, 5.41) is 9.14. The highest BCUT2D eigenvalue weighted by Crippen LogP contribution is 2.41. The smallest absolute Gasteiger partial charge is 0.122 e. The van der Waals surface area contributed by atoms with Gasteiger partial charge >= 0.3 is 0 Å². The predicted octanol–water partition coefficient (Wildman–Crippen LogP) is 3.09. The van der Waals surface area contributed by atoms with Crippen LogP contribution in [0.3, 0.4) is 0 Å². The Balaban J connectivity index is 1.68. The standard InChI is InChI=1S/C17H24O3/c18-11-7-14-5-1-2-6-16(14)20-15-8-12-19-17(13-15)9-3-4-10-17/h1-2,5-6,15,18H,3-4,7-13H2. The van der Waals surface area contributed by atoms with Crippen LogP contribution in [-0.4, -0.2) is 30.0 Å². The first-order chi connectivity index (χ1) is 9.81. The third-order valence-electron chi connectivity index (χ3n) is 4.61. The van der Waals surface area contributed by atoms with Crippen molar-refractivity contribution in [2.75, 3.05) is 13.2 Å². The van der Waals surface area contributed by atoms with E-state index < -0.39 is 0 Å². The van der Waals surface area contributed by atoms with E-state index in [1.54, 1.807) is 0 Å². The van der Waals surface area contributed by atoms with E-state index in [0.29, 0.717) is 6.42 Å². The molecular weight excluding hydrogens is 252 g/mol. The van der Waals surface area contributed by atoms with Gasteiger partial charge in [0.1, 0.15) is 11.9 Å². The highest BCUT2D eigenvalue weighted by atomic mass is 16.5. The fraction of sp³-hybridized carbons (Fsp3) is 0.647. The second-order valence-electron chi connectivity index (χ2n) is 6.05. The number of aliphatic hydroxyl groups is 1. The van der Waals surface area contributed by atoms with Gasteiger partial charge in [-0.3, -0.25) is 0 Å². The minimum atomic E-state index is 0.0921. The molecule has 1 aliphatic heterocycles. The van der Waals surface area contributed by atoms with Crippen LogP contribution >= 0.6 is 0 Å². The Morgan fingerprint density at radius 2 is 2.05 bits per heavy atom. The van der Waals surface area contributed by atoms with Crippen LogP contribution in [0.1, 0.15) is 44.1 Å². The minimum absolute atomic E-state index is 0.0921. The highest BCUT2D eigenvalue weighted by Gasteiger charge is 2.40. The van der Waals surface area contributed by atoms with Crippen molar-refractivity contribution in [1.82, 2.24) is 0 Å². The average molecular weight is 276 g/mol. The van der Waals surface area contributed by atoms with Crippen molar-refractivity contribution >= 4 is 0 Å². The number of para-hydroxylation sites is 1. The predicted molar refractivity (Wildman–Crippen MR) is 78.0 cm³/mol. The molecule has 1 unspecified atom stereocenters. The summed E-state index contributed by atoms with van der Waals surface area (Å²) < 4.78 is 12.3. The van der Waals surface area contributed by atoms with Crippen molar-refractivity contribution in [3.8, 4) is 5.75 Å². The van der Waals surface area contributed by atoms with Gasteiger partial charge in [0.2, 0.25) is 0 Å². The lowest BCUT2D eigenvalue weighted by molar-refractivity contribution is -0.108. The van der Waals surface area contributed by atoms with Crippen molar-refractivity contribution in [3.63, 3.8) is 0 Å². The number of ether oxygens (including phenoxy) is 2. The van der Waals surface area contributed by atoms with Gasteiger partial charge in [-0.1, -0.05) is 31.0 Å². The molecule has 1 N–H and O–H groups in total. The lowest BCUT2D eigenvalue weighted by atomic mass is 9.90. The van der Waals surface area contributed by atoms with E-state index >= 15 is 0 Å². The molecule has 1 saturated heterocycles. The van der Waals surface area contributed by atoms with Crippen molar-refractivity contribution in [1.29, 1.82) is 0 Å². The first-order valence-electron chi connectivity index (χ1n) is 7.81. The first kappa shape index (κ1) is 13.9. The van der Waals surface area contributed by atoms with Crippen LogP contribution in [0, 0.1) is 0 Å². The van der Waals surface area contributed by atoms with Crippen molar-refractivity contribution in [3.05, 3.63) is 29.8 Å². The van der Waals surface area contributed by atoms with E-state index in [1.165, 1.54) is 25.7 Å². The molecule has 3 nitrogen and oxygen atoms in total. The zero-order valence-corrected chi connectivity index (χ0v) is 12.0. The monoisotopic (exact) mass is 276 g/mol. The molecule has 1 aromatic carbocycles. The maximum absolute atomic E-state index is 9.14. The summed E-state index contributed by atoms with van der Waals surface area (Å²) >= 11 is 0. The molecule has 1 aromatic rings. The van der Waals surface area contributed by atoms with Crippen LogP contribution in [0.25, 0.3) is 0 Å². The molecule has 0 bridgehead atoms. The molecule has 2 fully saturated rings. The summed E-state index contributed by atoms with van der Waals surface area (Å²) in [6, 6.07) is 8.05. The SMILES string of the molecule is OCCc1ccccc1OC1CCOC2(CCCC2)C1. The third-order valence-corrected chi connectivity index (χ3v) is 4.61. The van der Waals surface area contributed by atoms with E-state index in [1.807, 2.05) is 24.3 Å². The van der Waals surface area contributed by atoms with Crippen LogP contribution in [0.15, 0.2) is 24.3 Å². The van der Waals surface area contributed by atoms with Crippen LogP contribution in [-0.2, 0) is 11.2 Å². The summed E-state index contributed by atoms with van der Waals surface area (Å²) in [5.41, 5.74) is 1.19. The number of hydrogen-bond donors (Lipinski definition) is 1. The average Bonchev–Trinajstić information content (AvgIpc) is 2.89. The first-order valence-corrected chi connectivity index (χ1v) is 7.81. The molecule has 0 aromatic heterocycles. The van der Waals surface area contributed by atoms with Crippen LogP contribution in [0.2, 0.25) is 0 Å². The van der Waals surface area contributed by atoms with Crippen LogP contribution in [0.5, 0.6) is 5.75 Å². The van der Waals surface area contributed by atoms with Gasteiger partial charge in [-0.2, -0.15) is 0 Å². The second kappa shape index (κ2) is 6.15. The fourth-order valence-electron chi connectivity index (χ4n) is 3.58. The minimum Gasteiger partial charge on any atom is -0.490 e. The van der Waals surface area contributed by atoms with Gasteiger partial charge in [0.25, 0.3) is 0 Å². The topological polar surface area (TPSA) is 38.7 Å². The van der Waals surface area contributed by atoms with Gasteiger partial charge in [0, 0.05) is 19.4 Å². The molecule has 0 radical (unpaired) electrons. The maximum atomic E-state index is 9.14. The third kappa shape index (κ3) is 2.99. The summed E-state index contributed by atoms with van der Waals surface area (Å²) in [6.45, 7) is 0.977. The summed E-state index contributed by atoms with van der Waals surface area (Å²) in [6.07, 6.45) is 7.83. The van der Waals surface area contributed by atoms with Gasteiger partial charge in [0.05, 0.1) is 12.2 Å². The Morgan fingerprint density at radius 1 is 1.25 bits per heavy atom. The molecule has 110 valence electrons. The Kier molecular flexibility index (Phi) is 4.27. The molecule has 1 atom stereocenters. The molecule has 1 heterocycles. The molecule has 1 spiro atoms. The van der Waals surface area contributed by atoms with Crippen molar-refractivity contribution in [2.24, 2.45) is 0 Å². The summed E-state index contributed by atoms with van der Waals surface area (Å²) in [5.74, 6) is 0.932. The quantitative estimate of drug-likeness (QED) is 0.918. The van der Waals surface area contributed by atoms with Gasteiger partial charge in [-0.25, -0.2) is 0 Å². The zero-order valence-electron chi connectivity index (χ0n) is 12.0. The molecule has 0 amide bonds. The Morgan fingerprint density at radius 3 is 2.85 bits per heavy atom. The fourth-order valence-corrected chi connectivity index (χ4v) is 3.58. The lowest BCUT2D eigenvalue weighted by Crippen LogP contribution is -2.41. The Labute approximate surface area is 120 Å². The van der Waals surface area contributed by atoms with Crippen molar-refractivity contribution < 1.29 is 14.6 Å². The molecule has 1 saturated carbocycles. The number of aliphatic hydroxyl groups excluding tert-OH is 1. The van der Waals surface area contributed by atoms with E-state index in [9.17, 15) is 0 Å². The van der Waals surface area contributed by atoms with Gasteiger partial charge in [-0.15, -0.1) is 0 Å². The van der Waals surface area contributed by atoms with Gasteiger partial charge in [0.15, 0.2) is 0 Å². The van der Waals surface area contributed by atoms with Crippen LogP contribution < -0.4 is 4.74 Å². The van der Waals surface area contributed by atoms with E-state index in [4.69, 9.17) is 14.6 Å². The summed E-state index contributed by atoms with van der Waals surface area (Å²) in [4.78, 5) is 0. The number of hydrogen-bond acceptors (Lipinski definition) is 3. The van der Waals surface area contributed by atoms with E-state index in [0.717, 1.165) is 30.8 Å². The highest BCUT2D eigenvalue weighted by molar-refractivity contribution is 5.33.